The van der Waals surface area contributed by atoms with Crippen LogP contribution in [0.25, 0.3) is 11.3 Å². The van der Waals surface area contributed by atoms with Crippen LogP contribution in [0.15, 0.2) is 48.7 Å². The van der Waals surface area contributed by atoms with Crippen LogP contribution in [-0.4, -0.2) is 10.8 Å². The molecule has 17 heavy (non-hydrogen) atoms. The summed E-state index contributed by atoms with van der Waals surface area (Å²) in [5.41, 5.74) is 2.46. The van der Waals surface area contributed by atoms with Crippen LogP contribution in [0.2, 0.25) is 0 Å². The average molecular weight is 225 g/mol. The zero-order valence-electron chi connectivity index (χ0n) is 10.1. The topological polar surface area (TPSA) is 30.0 Å². The molecule has 0 aliphatic rings. The monoisotopic (exact) mass is 225 g/mol. The number of nitrogens with zero attached hydrogens (tertiary/aromatic N) is 1. The normalized spacial score (nSPS) is 10.5. The summed E-state index contributed by atoms with van der Waals surface area (Å²) >= 11 is 0. The quantitative estimate of drug-likeness (QED) is 0.747. The predicted molar refractivity (Wildman–Crippen MR) is 68.8 cm³/mol. The van der Waals surface area contributed by atoms with E-state index in [1.54, 1.807) is 6.20 Å². The summed E-state index contributed by atoms with van der Waals surface area (Å²) < 4.78 is 0. The predicted octanol–water partition coefficient (Wildman–Crippen LogP) is 3.59. The van der Waals surface area contributed by atoms with E-state index in [9.17, 15) is 4.79 Å². The third-order valence-corrected chi connectivity index (χ3v) is 2.64. The van der Waals surface area contributed by atoms with Gasteiger partial charge in [-0.25, -0.2) is 0 Å². The van der Waals surface area contributed by atoms with Crippen LogP contribution in [0.1, 0.15) is 24.2 Å². The Morgan fingerprint density at radius 1 is 1.06 bits per heavy atom. The summed E-state index contributed by atoms with van der Waals surface area (Å²) in [5, 5.41) is 0. The molecule has 0 N–H and O–H groups in total. The van der Waals surface area contributed by atoms with Crippen molar-refractivity contribution in [2.24, 2.45) is 5.92 Å². The smallest absolute Gasteiger partial charge is 0.167 e. The molecule has 1 aromatic carbocycles. The highest BCUT2D eigenvalue weighted by atomic mass is 16.1. The number of ketones is 1. The number of carbonyl (C=O) groups excluding carboxylic acids is 1. The van der Waals surface area contributed by atoms with Crippen LogP contribution in [0.4, 0.5) is 0 Å². The number of benzene rings is 1. The Balaban J connectivity index is 2.52. The molecule has 1 aromatic heterocycles. The molecule has 0 aliphatic carbocycles. The lowest BCUT2D eigenvalue weighted by atomic mass is 9.96. The van der Waals surface area contributed by atoms with E-state index in [0.717, 1.165) is 11.3 Å². The highest BCUT2D eigenvalue weighted by molar-refractivity contribution is 6.02. The maximum Gasteiger partial charge on any atom is 0.167 e. The number of hydrogen-bond donors (Lipinski definition) is 0. The molecule has 0 spiro atoms. The fraction of sp³-hybridized carbons (Fsp3) is 0.200. The van der Waals surface area contributed by atoms with Gasteiger partial charge in [0.25, 0.3) is 0 Å². The van der Waals surface area contributed by atoms with Crippen molar-refractivity contribution in [3.63, 3.8) is 0 Å². The molecule has 1 heterocycles. The van der Waals surface area contributed by atoms with E-state index >= 15 is 0 Å². The van der Waals surface area contributed by atoms with Gasteiger partial charge in [-0.1, -0.05) is 44.2 Å². The van der Waals surface area contributed by atoms with E-state index in [-0.39, 0.29) is 11.7 Å². The van der Waals surface area contributed by atoms with Gasteiger partial charge in [-0.15, -0.1) is 0 Å². The molecule has 86 valence electrons. The number of rotatable bonds is 3. The minimum Gasteiger partial charge on any atom is -0.294 e. The Bertz CT molecular complexity index is 517. The van der Waals surface area contributed by atoms with Gasteiger partial charge in [-0.05, 0) is 12.1 Å². The average Bonchev–Trinajstić information content (AvgIpc) is 2.39. The first-order chi connectivity index (χ1) is 8.20. The van der Waals surface area contributed by atoms with E-state index in [0.29, 0.717) is 5.56 Å². The van der Waals surface area contributed by atoms with Crippen molar-refractivity contribution < 1.29 is 4.79 Å². The van der Waals surface area contributed by atoms with Crippen molar-refractivity contribution in [1.82, 2.24) is 4.98 Å². The molecule has 0 atom stereocenters. The van der Waals surface area contributed by atoms with Gasteiger partial charge in [0.15, 0.2) is 5.78 Å². The lowest BCUT2D eigenvalue weighted by Crippen LogP contribution is -2.09. The largest absolute Gasteiger partial charge is 0.294 e. The molecule has 0 bridgehead atoms. The summed E-state index contributed by atoms with van der Waals surface area (Å²) in [6, 6.07) is 13.5. The lowest BCUT2D eigenvalue weighted by Gasteiger charge is -2.09. The van der Waals surface area contributed by atoms with E-state index in [1.807, 2.05) is 56.3 Å². The molecule has 0 aliphatic heterocycles. The maximum absolute atomic E-state index is 12.1. The number of aromatic nitrogens is 1. The Morgan fingerprint density at radius 2 is 1.76 bits per heavy atom. The highest BCUT2D eigenvalue weighted by Crippen LogP contribution is 2.22. The first kappa shape index (κ1) is 11.5. The molecule has 2 heteroatoms. The number of Topliss-reactive ketones (excluding diaryl/α,β-unsaturated/α-hetero) is 1. The van der Waals surface area contributed by atoms with Gasteiger partial charge in [0.2, 0.25) is 0 Å². The minimum absolute atomic E-state index is 0.0123. The first-order valence-corrected chi connectivity index (χ1v) is 5.75. The second-order valence-corrected chi connectivity index (χ2v) is 4.28. The Kier molecular flexibility index (Phi) is 3.33. The minimum atomic E-state index is -0.0123. The Morgan fingerprint density at radius 3 is 2.41 bits per heavy atom. The first-order valence-electron chi connectivity index (χ1n) is 5.75. The third kappa shape index (κ3) is 2.41. The summed E-state index contributed by atoms with van der Waals surface area (Å²) in [4.78, 5) is 16.4. The van der Waals surface area contributed by atoms with E-state index in [2.05, 4.69) is 4.98 Å². The SMILES string of the molecule is CC(C)C(=O)c1cccnc1-c1ccccc1. The third-order valence-electron chi connectivity index (χ3n) is 2.64. The van der Waals surface area contributed by atoms with Gasteiger partial charge < -0.3 is 0 Å². The fourth-order valence-corrected chi connectivity index (χ4v) is 1.74. The van der Waals surface area contributed by atoms with Crippen molar-refractivity contribution in [2.45, 2.75) is 13.8 Å². The molecule has 0 radical (unpaired) electrons. The molecule has 2 rings (SSSR count). The van der Waals surface area contributed by atoms with Crippen LogP contribution < -0.4 is 0 Å². The van der Waals surface area contributed by atoms with Crippen molar-refractivity contribution in [1.29, 1.82) is 0 Å². The second kappa shape index (κ2) is 4.91. The molecule has 0 amide bonds. The molecule has 0 saturated heterocycles. The second-order valence-electron chi connectivity index (χ2n) is 4.28. The van der Waals surface area contributed by atoms with Crippen LogP contribution in [0.5, 0.6) is 0 Å². The van der Waals surface area contributed by atoms with Crippen LogP contribution in [-0.2, 0) is 0 Å². The van der Waals surface area contributed by atoms with Gasteiger partial charge in [-0.3, -0.25) is 9.78 Å². The number of carbonyl (C=O) groups is 1. The van der Waals surface area contributed by atoms with E-state index in [1.165, 1.54) is 0 Å². The lowest BCUT2D eigenvalue weighted by molar-refractivity contribution is 0.0940. The molecule has 0 unspecified atom stereocenters. The molecule has 2 aromatic rings. The zero-order chi connectivity index (χ0) is 12.3. The van der Waals surface area contributed by atoms with Crippen molar-refractivity contribution in [3.05, 3.63) is 54.2 Å². The summed E-state index contributed by atoms with van der Waals surface area (Å²) in [7, 11) is 0. The Hall–Kier alpha value is -1.96. The maximum atomic E-state index is 12.1. The van der Waals surface area contributed by atoms with Gasteiger partial charge in [0.05, 0.1) is 5.69 Å². The van der Waals surface area contributed by atoms with Crippen LogP contribution in [0.3, 0.4) is 0 Å². The summed E-state index contributed by atoms with van der Waals surface area (Å²) in [6.07, 6.45) is 1.72. The molecular formula is C15H15NO. The van der Waals surface area contributed by atoms with E-state index < -0.39 is 0 Å². The molecule has 0 saturated carbocycles. The fourth-order valence-electron chi connectivity index (χ4n) is 1.74. The molecule has 2 nitrogen and oxygen atoms in total. The van der Waals surface area contributed by atoms with Crippen molar-refractivity contribution in [2.75, 3.05) is 0 Å². The van der Waals surface area contributed by atoms with Crippen LogP contribution >= 0.6 is 0 Å². The van der Waals surface area contributed by atoms with Crippen molar-refractivity contribution in [3.8, 4) is 11.3 Å². The van der Waals surface area contributed by atoms with Gasteiger partial charge in [0.1, 0.15) is 0 Å². The molecular weight excluding hydrogens is 210 g/mol. The standard InChI is InChI=1S/C15H15NO/c1-11(2)15(17)13-9-6-10-16-14(13)12-7-4-3-5-8-12/h3-11H,1-2H3. The number of hydrogen-bond acceptors (Lipinski definition) is 2. The van der Waals surface area contributed by atoms with Gasteiger partial charge >= 0.3 is 0 Å². The molecule has 0 fully saturated rings. The number of pyridine rings is 1. The Labute approximate surface area is 101 Å². The van der Waals surface area contributed by atoms with E-state index in [4.69, 9.17) is 0 Å². The van der Waals surface area contributed by atoms with Gasteiger partial charge in [0, 0.05) is 23.2 Å². The zero-order valence-corrected chi connectivity index (χ0v) is 10.1. The highest BCUT2D eigenvalue weighted by Gasteiger charge is 2.16. The van der Waals surface area contributed by atoms with Gasteiger partial charge in [-0.2, -0.15) is 0 Å². The summed E-state index contributed by atoms with van der Waals surface area (Å²) in [6.45, 7) is 3.81. The summed E-state index contributed by atoms with van der Waals surface area (Å²) in [5.74, 6) is 0.124. The van der Waals surface area contributed by atoms with Crippen molar-refractivity contribution >= 4 is 5.78 Å². The van der Waals surface area contributed by atoms with Crippen LogP contribution in [0, 0.1) is 5.92 Å².